The minimum atomic E-state index is -0.160. The maximum absolute atomic E-state index is 2.28. The van der Waals surface area contributed by atoms with Gasteiger partial charge in [0.15, 0.2) is 0 Å². The molecule has 5 aromatic carbocycles. The number of fused-ring (bicyclic) bond motifs is 5. The zero-order valence-corrected chi connectivity index (χ0v) is 16.5. The Kier molecular flexibility index (Phi) is 4.08. The SMILES string of the molecule is c1ccc2c(c1)[SiH2]c1ccccc1-2.c1ccc2cc3ccccc3cc2c1. The van der Waals surface area contributed by atoms with Gasteiger partial charge in [-0.1, -0.05) is 107 Å². The van der Waals surface area contributed by atoms with Crippen LogP contribution in [0.3, 0.4) is 0 Å². The minimum absolute atomic E-state index is 0.160. The monoisotopic (exact) mass is 360 g/mol. The molecule has 1 heterocycles. The fourth-order valence-electron chi connectivity index (χ4n) is 3.96. The van der Waals surface area contributed by atoms with Crippen molar-refractivity contribution in [1.82, 2.24) is 0 Å². The summed E-state index contributed by atoms with van der Waals surface area (Å²) in [5.74, 6) is 0. The molecule has 0 fully saturated rings. The third kappa shape index (κ3) is 3.07. The molecular weight excluding hydrogens is 340 g/mol. The van der Waals surface area contributed by atoms with Crippen molar-refractivity contribution in [1.29, 1.82) is 0 Å². The van der Waals surface area contributed by atoms with Gasteiger partial charge in [0.2, 0.25) is 0 Å². The quantitative estimate of drug-likeness (QED) is 0.270. The van der Waals surface area contributed by atoms with Crippen molar-refractivity contribution in [2.24, 2.45) is 0 Å². The normalized spacial score (nSPS) is 11.6. The van der Waals surface area contributed by atoms with Crippen molar-refractivity contribution in [3.63, 3.8) is 0 Å². The van der Waals surface area contributed by atoms with Crippen LogP contribution in [0.15, 0.2) is 109 Å². The van der Waals surface area contributed by atoms with Gasteiger partial charge in [-0.15, -0.1) is 0 Å². The standard InChI is InChI=1S/C14H10.C12H10Si/c1-2-6-12-10-14-8-4-3-7-13(14)9-11(12)5-1;1-3-7-11-9(5-1)10-6-2-4-8-12(10)13-11/h1-10H;1-8H,13H2. The van der Waals surface area contributed by atoms with E-state index in [0.29, 0.717) is 0 Å². The molecule has 27 heavy (non-hydrogen) atoms. The van der Waals surface area contributed by atoms with Crippen molar-refractivity contribution in [2.45, 2.75) is 0 Å². The summed E-state index contributed by atoms with van der Waals surface area (Å²) in [6.07, 6.45) is 0. The minimum Gasteiger partial charge on any atom is -0.0627 e. The average Bonchev–Trinajstić information content (AvgIpc) is 3.11. The Bertz CT molecular complexity index is 1100. The lowest BCUT2D eigenvalue weighted by molar-refractivity contribution is 1.71. The molecule has 0 N–H and O–H groups in total. The van der Waals surface area contributed by atoms with Gasteiger partial charge >= 0.3 is 0 Å². The van der Waals surface area contributed by atoms with Crippen LogP contribution < -0.4 is 10.4 Å². The van der Waals surface area contributed by atoms with Crippen molar-refractivity contribution < 1.29 is 0 Å². The second-order valence-electron chi connectivity index (χ2n) is 7.04. The molecule has 0 unspecified atom stereocenters. The Balaban J connectivity index is 0.000000119. The lowest BCUT2D eigenvalue weighted by Gasteiger charge is -2.00. The first-order valence-corrected chi connectivity index (χ1v) is 10.8. The molecular formula is C26H20Si. The van der Waals surface area contributed by atoms with Gasteiger partial charge in [-0.25, -0.2) is 0 Å². The van der Waals surface area contributed by atoms with Crippen LogP contribution in [0.25, 0.3) is 32.7 Å². The summed E-state index contributed by atoms with van der Waals surface area (Å²) in [6.45, 7) is 0. The summed E-state index contributed by atoms with van der Waals surface area (Å²) in [5, 5.41) is 8.45. The molecule has 0 saturated carbocycles. The second kappa shape index (κ2) is 6.86. The molecule has 0 saturated heterocycles. The van der Waals surface area contributed by atoms with E-state index in [2.05, 4.69) is 109 Å². The Morgan fingerprint density at radius 2 is 0.704 bits per heavy atom. The highest BCUT2D eigenvalue weighted by molar-refractivity contribution is 6.73. The van der Waals surface area contributed by atoms with Gasteiger partial charge in [0.05, 0.1) is 9.52 Å². The van der Waals surface area contributed by atoms with Crippen LogP contribution in [0.1, 0.15) is 0 Å². The second-order valence-corrected chi connectivity index (χ2v) is 8.91. The number of benzene rings is 5. The van der Waals surface area contributed by atoms with E-state index in [9.17, 15) is 0 Å². The van der Waals surface area contributed by atoms with E-state index in [1.807, 2.05) is 0 Å². The molecule has 128 valence electrons. The summed E-state index contributed by atoms with van der Waals surface area (Å²) < 4.78 is 0. The first-order valence-electron chi connectivity index (χ1n) is 9.42. The van der Waals surface area contributed by atoms with E-state index in [1.165, 1.54) is 32.7 Å². The highest BCUT2D eigenvalue weighted by atomic mass is 28.2. The summed E-state index contributed by atoms with van der Waals surface area (Å²) >= 11 is 0. The molecule has 6 rings (SSSR count). The van der Waals surface area contributed by atoms with Crippen molar-refractivity contribution in [2.75, 3.05) is 0 Å². The largest absolute Gasteiger partial charge is 0.0891 e. The summed E-state index contributed by atoms with van der Waals surface area (Å²) in [6, 6.07) is 39.0. The third-order valence-corrected chi connectivity index (χ3v) is 7.31. The summed E-state index contributed by atoms with van der Waals surface area (Å²) in [7, 11) is -0.160. The van der Waals surface area contributed by atoms with Gasteiger partial charge in [-0.2, -0.15) is 0 Å². The molecule has 0 aliphatic carbocycles. The Morgan fingerprint density at radius 1 is 0.370 bits per heavy atom. The van der Waals surface area contributed by atoms with Crippen LogP contribution in [0.5, 0.6) is 0 Å². The van der Waals surface area contributed by atoms with E-state index in [-0.39, 0.29) is 9.52 Å². The number of rotatable bonds is 0. The Morgan fingerprint density at radius 3 is 1.11 bits per heavy atom. The van der Waals surface area contributed by atoms with Gasteiger partial charge in [-0.05, 0) is 44.8 Å². The number of hydrogen-bond donors (Lipinski definition) is 0. The first kappa shape index (κ1) is 16.0. The molecule has 1 aliphatic heterocycles. The van der Waals surface area contributed by atoms with Crippen LogP contribution in [0.2, 0.25) is 0 Å². The highest BCUT2D eigenvalue weighted by Crippen LogP contribution is 2.22. The maximum Gasteiger partial charge on any atom is 0.0891 e. The lowest BCUT2D eigenvalue weighted by atomic mass is 10.0. The first-order chi connectivity index (χ1) is 13.4. The Labute approximate surface area is 161 Å². The zero-order valence-electron chi connectivity index (χ0n) is 15.1. The molecule has 0 atom stereocenters. The van der Waals surface area contributed by atoms with Crippen LogP contribution in [-0.4, -0.2) is 9.52 Å². The fourth-order valence-corrected chi connectivity index (χ4v) is 5.88. The van der Waals surface area contributed by atoms with E-state index in [4.69, 9.17) is 0 Å². The van der Waals surface area contributed by atoms with Crippen molar-refractivity contribution >= 4 is 41.4 Å². The molecule has 5 aromatic rings. The van der Waals surface area contributed by atoms with Gasteiger partial charge in [0, 0.05) is 0 Å². The van der Waals surface area contributed by atoms with Crippen molar-refractivity contribution in [3.8, 4) is 11.1 Å². The van der Waals surface area contributed by atoms with E-state index in [0.717, 1.165) is 0 Å². The van der Waals surface area contributed by atoms with E-state index >= 15 is 0 Å². The molecule has 0 radical (unpaired) electrons. The molecule has 0 bridgehead atoms. The fraction of sp³-hybridized carbons (Fsp3) is 0. The van der Waals surface area contributed by atoms with E-state index < -0.39 is 0 Å². The predicted octanol–water partition coefficient (Wildman–Crippen LogP) is 4.78. The molecule has 0 aromatic heterocycles. The van der Waals surface area contributed by atoms with Crippen LogP contribution in [0, 0.1) is 0 Å². The molecule has 0 nitrogen and oxygen atoms in total. The smallest absolute Gasteiger partial charge is 0.0627 e. The van der Waals surface area contributed by atoms with Crippen LogP contribution >= 0.6 is 0 Å². The summed E-state index contributed by atoms with van der Waals surface area (Å²) in [5.41, 5.74) is 2.95. The Hall–Kier alpha value is -3.16. The van der Waals surface area contributed by atoms with Gasteiger partial charge < -0.3 is 0 Å². The topological polar surface area (TPSA) is 0 Å². The molecule has 0 spiro atoms. The van der Waals surface area contributed by atoms with Gasteiger partial charge in [0.1, 0.15) is 0 Å². The summed E-state index contributed by atoms with van der Waals surface area (Å²) in [4.78, 5) is 0. The highest BCUT2D eigenvalue weighted by Gasteiger charge is 2.16. The number of hydrogen-bond acceptors (Lipinski definition) is 0. The zero-order chi connectivity index (χ0) is 18.1. The molecule has 1 aliphatic rings. The average molecular weight is 361 g/mol. The molecule has 0 amide bonds. The molecule has 1 heteroatoms. The third-order valence-electron chi connectivity index (χ3n) is 5.32. The van der Waals surface area contributed by atoms with Gasteiger partial charge in [0.25, 0.3) is 0 Å². The van der Waals surface area contributed by atoms with Crippen LogP contribution in [0.4, 0.5) is 0 Å². The maximum atomic E-state index is 2.28. The lowest BCUT2D eigenvalue weighted by Crippen LogP contribution is -2.20. The predicted molar refractivity (Wildman–Crippen MR) is 121 cm³/mol. The van der Waals surface area contributed by atoms with Crippen LogP contribution in [-0.2, 0) is 0 Å². The van der Waals surface area contributed by atoms with Crippen molar-refractivity contribution in [3.05, 3.63) is 109 Å². The van der Waals surface area contributed by atoms with E-state index in [1.54, 1.807) is 10.4 Å². The van der Waals surface area contributed by atoms with Gasteiger partial charge in [-0.3, -0.25) is 0 Å².